The molecule has 0 saturated carbocycles. The Kier molecular flexibility index (Phi) is 4.62. The van der Waals surface area contributed by atoms with Crippen molar-refractivity contribution in [3.8, 4) is 11.4 Å². The van der Waals surface area contributed by atoms with E-state index in [2.05, 4.69) is 30.5 Å². The average Bonchev–Trinajstić information content (AvgIpc) is 2.62. The molecule has 0 atom stereocenters. The summed E-state index contributed by atoms with van der Waals surface area (Å²) >= 11 is 1.32. The number of hydrogen-bond acceptors (Lipinski definition) is 8. The summed E-state index contributed by atoms with van der Waals surface area (Å²) < 4.78 is 0. The van der Waals surface area contributed by atoms with Crippen molar-refractivity contribution in [2.45, 2.75) is 5.16 Å². The minimum atomic E-state index is -0.701. The van der Waals surface area contributed by atoms with Gasteiger partial charge in [-0.05, 0) is 24.5 Å². The van der Waals surface area contributed by atoms with Crippen molar-refractivity contribution in [1.82, 2.24) is 25.1 Å². The highest BCUT2D eigenvalue weighted by Gasteiger charge is 2.14. The monoisotopic (exact) mass is 339 g/mol. The van der Waals surface area contributed by atoms with Crippen molar-refractivity contribution in [3.63, 3.8) is 0 Å². The lowest BCUT2D eigenvalue weighted by molar-refractivity contribution is 0.0994. The van der Waals surface area contributed by atoms with E-state index in [-0.39, 0.29) is 11.5 Å². The van der Waals surface area contributed by atoms with E-state index < -0.39 is 5.91 Å². The van der Waals surface area contributed by atoms with Gasteiger partial charge in [0, 0.05) is 23.6 Å². The highest BCUT2D eigenvalue weighted by molar-refractivity contribution is 7.98. The van der Waals surface area contributed by atoms with Gasteiger partial charge in [-0.15, -0.1) is 10.2 Å². The largest absolute Gasteiger partial charge is 0.364 e. The van der Waals surface area contributed by atoms with Gasteiger partial charge >= 0.3 is 0 Å². The molecule has 0 saturated heterocycles. The van der Waals surface area contributed by atoms with Crippen LogP contribution >= 0.6 is 11.8 Å². The molecule has 0 aliphatic rings. The molecule has 0 unspecified atom stereocenters. The molecule has 0 aliphatic carbocycles. The highest BCUT2D eigenvalue weighted by atomic mass is 32.2. The van der Waals surface area contributed by atoms with Gasteiger partial charge in [-0.3, -0.25) is 4.79 Å². The molecule has 0 radical (unpaired) electrons. The fourth-order valence-corrected chi connectivity index (χ4v) is 2.28. The van der Waals surface area contributed by atoms with Crippen LogP contribution < -0.4 is 11.1 Å². The van der Waals surface area contributed by atoms with E-state index in [1.165, 1.54) is 11.8 Å². The van der Waals surface area contributed by atoms with E-state index in [4.69, 9.17) is 5.73 Å². The van der Waals surface area contributed by atoms with Crippen LogP contribution in [0.4, 0.5) is 11.5 Å². The number of nitrogens with zero attached hydrogens (tertiary/aromatic N) is 5. The molecule has 2 heterocycles. The van der Waals surface area contributed by atoms with Crippen molar-refractivity contribution in [2.75, 3.05) is 11.6 Å². The molecule has 0 bridgehead atoms. The van der Waals surface area contributed by atoms with Gasteiger partial charge in [0.2, 0.25) is 5.16 Å². The summed E-state index contributed by atoms with van der Waals surface area (Å²) in [5.74, 6) is 0.155. The van der Waals surface area contributed by atoms with Gasteiger partial charge in [0.15, 0.2) is 17.3 Å². The van der Waals surface area contributed by atoms with Gasteiger partial charge in [-0.1, -0.05) is 23.9 Å². The molecule has 3 rings (SSSR count). The maximum Gasteiger partial charge on any atom is 0.273 e. The number of amides is 1. The summed E-state index contributed by atoms with van der Waals surface area (Å²) in [6, 6.07) is 9.17. The summed E-state index contributed by atoms with van der Waals surface area (Å²) in [5.41, 5.74) is 6.84. The summed E-state index contributed by atoms with van der Waals surface area (Å²) in [5, 5.41) is 11.1. The molecule has 9 heteroatoms. The van der Waals surface area contributed by atoms with Crippen LogP contribution in [0.1, 0.15) is 10.5 Å². The highest BCUT2D eigenvalue weighted by Crippen LogP contribution is 2.23. The van der Waals surface area contributed by atoms with E-state index in [0.717, 1.165) is 5.56 Å². The third kappa shape index (κ3) is 3.46. The Morgan fingerprint density at radius 1 is 1.17 bits per heavy atom. The molecule has 0 spiro atoms. The van der Waals surface area contributed by atoms with Gasteiger partial charge in [0.1, 0.15) is 0 Å². The number of thioether (sulfide) groups is 1. The Bertz CT molecular complexity index is 873. The zero-order valence-corrected chi connectivity index (χ0v) is 13.5. The lowest BCUT2D eigenvalue weighted by Crippen LogP contribution is -2.17. The van der Waals surface area contributed by atoms with Crippen LogP contribution in [0.25, 0.3) is 11.4 Å². The molecule has 8 nitrogen and oxygen atoms in total. The van der Waals surface area contributed by atoms with Crippen LogP contribution in [0.2, 0.25) is 0 Å². The first-order valence-corrected chi connectivity index (χ1v) is 8.13. The Morgan fingerprint density at radius 2 is 1.96 bits per heavy atom. The fourth-order valence-electron chi connectivity index (χ4n) is 1.97. The molecule has 2 aromatic heterocycles. The van der Waals surface area contributed by atoms with Crippen LogP contribution in [0.5, 0.6) is 0 Å². The van der Waals surface area contributed by atoms with E-state index in [0.29, 0.717) is 16.7 Å². The van der Waals surface area contributed by atoms with Gasteiger partial charge in [0.25, 0.3) is 5.91 Å². The van der Waals surface area contributed by atoms with E-state index in [1.807, 2.05) is 30.5 Å². The zero-order valence-electron chi connectivity index (χ0n) is 12.7. The zero-order chi connectivity index (χ0) is 16.9. The third-order valence-corrected chi connectivity index (χ3v) is 3.57. The second-order valence-electron chi connectivity index (χ2n) is 4.64. The first-order chi connectivity index (χ1) is 11.7. The molecule has 0 aliphatic heterocycles. The molecule has 0 fully saturated rings. The van der Waals surface area contributed by atoms with Crippen molar-refractivity contribution in [3.05, 3.63) is 48.4 Å². The number of hydrogen-bond donors (Lipinski definition) is 2. The minimum Gasteiger partial charge on any atom is -0.364 e. The molecule has 1 aromatic carbocycles. The molecule has 1 amide bonds. The quantitative estimate of drug-likeness (QED) is 0.676. The molecular formula is C15H13N7OS. The normalized spacial score (nSPS) is 10.4. The summed E-state index contributed by atoms with van der Waals surface area (Å²) in [6.45, 7) is 0. The van der Waals surface area contributed by atoms with Crippen LogP contribution in [-0.4, -0.2) is 37.3 Å². The lowest BCUT2D eigenvalue weighted by Gasteiger charge is -2.09. The number of carbonyl (C=O) groups is 1. The average molecular weight is 339 g/mol. The maximum absolute atomic E-state index is 11.5. The third-order valence-electron chi connectivity index (χ3n) is 3.03. The van der Waals surface area contributed by atoms with Crippen molar-refractivity contribution >= 4 is 29.2 Å². The Balaban J connectivity index is 1.96. The molecule has 3 aromatic rings. The van der Waals surface area contributed by atoms with Crippen LogP contribution in [0.15, 0.2) is 47.9 Å². The van der Waals surface area contributed by atoms with Crippen molar-refractivity contribution in [1.29, 1.82) is 0 Å². The SMILES string of the molecule is CSc1nnc(C(N)=O)c(Nc2cccc(-c3ncccn3)c2)n1. The number of nitrogens with two attached hydrogens (primary N) is 1. The summed E-state index contributed by atoms with van der Waals surface area (Å²) in [4.78, 5) is 24.2. The van der Waals surface area contributed by atoms with Crippen LogP contribution in [0.3, 0.4) is 0 Å². The number of carbonyl (C=O) groups excluding carboxylic acids is 1. The smallest absolute Gasteiger partial charge is 0.273 e. The van der Waals surface area contributed by atoms with Gasteiger partial charge in [0.05, 0.1) is 0 Å². The predicted octanol–water partition coefficient (Wildman–Crippen LogP) is 1.89. The Morgan fingerprint density at radius 3 is 2.67 bits per heavy atom. The van der Waals surface area contributed by atoms with E-state index >= 15 is 0 Å². The molecular weight excluding hydrogens is 326 g/mol. The molecule has 120 valence electrons. The summed E-state index contributed by atoms with van der Waals surface area (Å²) in [7, 11) is 0. The second-order valence-corrected chi connectivity index (χ2v) is 5.41. The fraction of sp³-hybridized carbons (Fsp3) is 0.0667. The van der Waals surface area contributed by atoms with Crippen molar-refractivity contribution < 1.29 is 4.79 Å². The predicted molar refractivity (Wildman–Crippen MR) is 90.9 cm³/mol. The number of aromatic nitrogens is 5. The maximum atomic E-state index is 11.5. The lowest BCUT2D eigenvalue weighted by atomic mass is 10.2. The van der Waals surface area contributed by atoms with Gasteiger partial charge in [-0.2, -0.15) is 0 Å². The Hall–Kier alpha value is -3.07. The second kappa shape index (κ2) is 7.01. The van der Waals surface area contributed by atoms with E-state index in [1.54, 1.807) is 18.5 Å². The van der Waals surface area contributed by atoms with Crippen LogP contribution in [0, 0.1) is 0 Å². The number of nitrogens with one attached hydrogen (secondary N) is 1. The first-order valence-electron chi connectivity index (χ1n) is 6.90. The standard InChI is InChI=1S/C15H13N7OS/c1-24-15-20-14(11(12(16)23)21-22-15)19-10-5-2-4-9(8-10)13-17-6-3-7-18-13/h2-8H,1H3,(H2,16,23)(H,19,20,22). The van der Waals surface area contributed by atoms with Crippen molar-refractivity contribution in [2.24, 2.45) is 5.73 Å². The first kappa shape index (κ1) is 15.8. The van der Waals surface area contributed by atoms with Crippen LogP contribution in [-0.2, 0) is 0 Å². The van der Waals surface area contributed by atoms with Gasteiger partial charge < -0.3 is 11.1 Å². The number of primary amides is 1. The molecule has 3 N–H and O–H groups in total. The number of anilines is 2. The summed E-state index contributed by atoms with van der Waals surface area (Å²) in [6.07, 6.45) is 5.16. The molecule has 24 heavy (non-hydrogen) atoms. The van der Waals surface area contributed by atoms with Gasteiger partial charge in [-0.25, -0.2) is 15.0 Å². The minimum absolute atomic E-state index is 0.0193. The number of benzene rings is 1. The Labute approximate surface area is 142 Å². The topological polar surface area (TPSA) is 120 Å². The number of rotatable bonds is 5. The van der Waals surface area contributed by atoms with E-state index in [9.17, 15) is 4.79 Å².